The summed E-state index contributed by atoms with van der Waals surface area (Å²) >= 11 is 0. The van der Waals surface area contributed by atoms with Crippen LogP contribution in [-0.2, 0) is 5.54 Å². The molecule has 36 heavy (non-hydrogen) atoms. The second-order valence-electron chi connectivity index (χ2n) is 10.6. The number of hydrogen-bond acceptors (Lipinski definition) is 0. The van der Waals surface area contributed by atoms with Gasteiger partial charge in [0.05, 0.1) is 16.6 Å². The monoisotopic (exact) mass is 464 g/mol. The van der Waals surface area contributed by atoms with E-state index in [4.69, 9.17) is 0 Å². The van der Waals surface area contributed by atoms with Gasteiger partial charge in [-0.25, -0.2) is 0 Å². The first kappa shape index (κ1) is 21.0. The Morgan fingerprint density at radius 2 is 0.944 bits per heavy atom. The number of aromatic nitrogens is 2. The number of fused-ring (bicyclic) bond motifs is 6. The van der Waals surface area contributed by atoms with Gasteiger partial charge in [0, 0.05) is 38.3 Å². The smallest absolute Gasteiger partial charge is 0.0547 e. The predicted molar refractivity (Wildman–Crippen MR) is 154 cm³/mol. The van der Waals surface area contributed by atoms with Gasteiger partial charge in [0.2, 0.25) is 0 Å². The molecule has 0 unspecified atom stereocenters. The molecular weight excluding hydrogens is 436 g/mol. The number of rotatable bonds is 2. The summed E-state index contributed by atoms with van der Waals surface area (Å²) in [4.78, 5) is 0. The second-order valence-corrected chi connectivity index (χ2v) is 10.6. The molecule has 0 N–H and O–H groups in total. The maximum atomic E-state index is 2.49. The Bertz CT molecular complexity index is 1910. The number of benzene rings is 5. The molecule has 0 radical (unpaired) electrons. The fourth-order valence-electron chi connectivity index (χ4n) is 6.07. The molecule has 5 aromatic carbocycles. The number of nitrogens with zero attached hydrogens (tertiary/aromatic N) is 2. The van der Waals surface area contributed by atoms with Crippen molar-refractivity contribution in [3.05, 3.63) is 115 Å². The fraction of sp³-hybridized carbons (Fsp3) is 0.118. The predicted octanol–water partition coefficient (Wildman–Crippen LogP) is 9.31. The van der Waals surface area contributed by atoms with Crippen LogP contribution in [0, 0.1) is 0 Å². The highest BCUT2D eigenvalue weighted by Crippen LogP contribution is 2.44. The van der Waals surface area contributed by atoms with Crippen LogP contribution in [0.15, 0.2) is 115 Å². The molecule has 2 nitrogen and oxygen atoms in total. The molecule has 0 spiro atoms. The van der Waals surface area contributed by atoms with E-state index >= 15 is 0 Å². The summed E-state index contributed by atoms with van der Waals surface area (Å²) in [6, 6.07) is 41.9. The zero-order chi connectivity index (χ0) is 24.4. The molecule has 2 heteroatoms. The molecular formula is C34H28N2. The van der Waals surface area contributed by atoms with Crippen LogP contribution in [0.2, 0.25) is 0 Å². The number of para-hydroxylation sites is 3. The summed E-state index contributed by atoms with van der Waals surface area (Å²) in [7, 11) is 0. The van der Waals surface area contributed by atoms with Crippen LogP contribution in [-0.4, -0.2) is 9.13 Å². The maximum absolute atomic E-state index is 2.49. The van der Waals surface area contributed by atoms with Gasteiger partial charge >= 0.3 is 0 Å². The molecule has 0 atom stereocenters. The minimum Gasteiger partial charge on any atom is -0.335 e. The largest absolute Gasteiger partial charge is 0.335 e. The molecule has 0 aliphatic rings. The zero-order valence-electron chi connectivity index (χ0n) is 20.9. The maximum Gasteiger partial charge on any atom is 0.0547 e. The van der Waals surface area contributed by atoms with Crippen LogP contribution in [0.4, 0.5) is 0 Å². The van der Waals surface area contributed by atoms with E-state index in [1.165, 1.54) is 60.4 Å². The molecule has 7 aromatic rings. The van der Waals surface area contributed by atoms with Crippen LogP contribution >= 0.6 is 0 Å². The number of hydrogen-bond donors (Lipinski definition) is 0. The van der Waals surface area contributed by atoms with Crippen molar-refractivity contribution in [3.63, 3.8) is 0 Å². The highest BCUT2D eigenvalue weighted by molar-refractivity contribution is 6.21. The van der Waals surface area contributed by atoms with Gasteiger partial charge in [-0.2, -0.15) is 0 Å². The van der Waals surface area contributed by atoms with E-state index in [2.05, 4.69) is 145 Å². The molecule has 0 aliphatic carbocycles. The van der Waals surface area contributed by atoms with Gasteiger partial charge in [0.1, 0.15) is 0 Å². The third kappa shape index (κ3) is 2.91. The first-order valence-electron chi connectivity index (χ1n) is 12.6. The van der Waals surface area contributed by atoms with Crippen molar-refractivity contribution in [2.45, 2.75) is 26.3 Å². The average molecular weight is 465 g/mol. The van der Waals surface area contributed by atoms with Gasteiger partial charge in [0.15, 0.2) is 0 Å². The standard InChI is InChI=1S/C34H28N2/c1-34(2,3)36-29-20-10-8-16-27(29)33-25(18-12-22-31(33)36)24-17-11-21-30-32(24)26-15-7-9-19-28(26)35(30)23-13-5-4-6-14-23/h4-22H,1-3H3. The quantitative estimate of drug-likeness (QED) is 0.241. The molecule has 0 saturated carbocycles. The van der Waals surface area contributed by atoms with Gasteiger partial charge in [0.25, 0.3) is 0 Å². The fourth-order valence-corrected chi connectivity index (χ4v) is 6.07. The lowest BCUT2D eigenvalue weighted by Gasteiger charge is -2.24. The Kier molecular flexibility index (Phi) is 4.44. The summed E-state index contributed by atoms with van der Waals surface area (Å²) in [6.45, 7) is 6.87. The van der Waals surface area contributed by atoms with E-state index in [-0.39, 0.29) is 5.54 Å². The zero-order valence-corrected chi connectivity index (χ0v) is 20.9. The lowest BCUT2D eigenvalue weighted by atomic mass is 9.95. The Hall–Kier alpha value is -4.30. The lowest BCUT2D eigenvalue weighted by molar-refractivity contribution is 0.423. The first-order valence-corrected chi connectivity index (χ1v) is 12.6. The van der Waals surface area contributed by atoms with Crippen molar-refractivity contribution >= 4 is 43.6 Å². The Morgan fingerprint density at radius 1 is 0.444 bits per heavy atom. The molecule has 2 aromatic heterocycles. The third-order valence-corrected chi connectivity index (χ3v) is 7.37. The normalized spacial score (nSPS) is 12.3. The second kappa shape index (κ2) is 7.60. The summed E-state index contributed by atoms with van der Waals surface area (Å²) in [5.41, 5.74) is 8.75. The van der Waals surface area contributed by atoms with Crippen molar-refractivity contribution in [1.82, 2.24) is 9.13 Å². The van der Waals surface area contributed by atoms with Crippen molar-refractivity contribution in [3.8, 4) is 16.8 Å². The van der Waals surface area contributed by atoms with Crippen molar-refractivity contribution in [2.75, 3.05) is 0 Å². The summed E-state index contributed by atoms with van der Waals surface area (Å²) in [5, 5.41) is 5.22. The van der Waals surface area contributed by atoms with E-state index < -0.39 is 0 Å². The molecule has 0 aliphatic heterocycles. The molecule has 174 valence electrons. The minimum absolute atomic E-state index is 0.0324. The van der Waals surface area contributed by atoms with Crippen LogP contribution in [0.3, 0.4) is 0 Å². The Labute approximate surface area is 211 Å². The highest BCUT2D eigenvalue weighted by atomic mass is 15.0. The molecule has 0 amide bonds. The van der Waals surface area contributed by atoms with Crippen LogP contribution in [0.5, 0.6) is 0 Å². The van der Waals surface area contributed by atoms with E-state index in [9.17, 15) is 0 Å². The van der Waals surface area contributed by atoms with Gasteiger partial charge in [-0.3, -0.25) is 0 Å². The Balaban J connectivity index is 1.66. The summed E-state index contributed by atoms with van der Waals surface area (Å²) < 4.78 is 4.89. The molecule has 0 bridgehead atoms. The van der Waals surface area contributed by atoms with Crippen LogP contribution < -0.4 is 0 Å². The minimum atomic E-state index is -0.0324. The van der Waals surface area contributed by atoms with Crippen molar-refractivity contribution < 1.29 is 0 Å². The lowest BCUT2D eigenvalue weighted by Crippen LogP contribution is -2.21. The van der Waals surface area contributed by atoms with Gasteiger partial charge in [-0.15, -0.1) is 0 Å². The van der Waals surface area contributed by atoms with Gasteiger partial charge in [-0.1, -0.05) is 78.9 Å². The highest BCUT2D eigenvalue weighted by Gasteiger charge is 2.23. The molecule has 7 rings (SSSR count). The van der Waals surface area contributed by atoms with E-state index in [1.807, 2.05) is 0 Å². The SMILES string of the molecule is CC(C)(C)n1c2ccccc2c2c(-c3cccc4c3c3ccccc3n4-c3ccccc3)cccc21. The third-order valence-electron chi connectivity index (χ3n) is 7.37. The topological polar surface area (TPSA) is 9.86 Å². The van der Waals surface area contributed by atoms with E-state index in [1.54, 1.807) is 0 Å². The molecule has 0 saturated heterocycles. The molecule has 0 fully saturated rings. The summed E-state index contributed by atoms with van der Waals surface area (Å²) in [5.74, 6) is 0. The Morgan fingerprint density at radius 3 is 1.61 bits per heavy atom. The average Bonchev–Trinajstić information content (AvgIpc) is 3.42. The van der Waals surface area contributed by atoms with Gasteiger partial charge < -0.3 is 9.13 Å². The van der Waals surface area contributed by atoms with E-state index in [0.29, 0.717) is 0 Å². The van der Waals surface area contributed by atoms with E-state index in [0.717, 1.165) is 0 Å². The molecule has 2 heterocycles. The van der Waals surface area contributed by atoms with Crippen LogP contribution in [0.1, 0.15) is 20.8 Å². The first-order chi connectivity index (χ1) is 17.5. The summed E-state index contributed by atoms with van der Waals surface area (Å²) in [6.07, 6.45) is 0. The van der Waals surface area contributed by atoms with Gasteiger partial charge in [-0.05, 0) is 68.3 Å². The van der Waals surface area contributed by atoms with Crippen molar-refractivity contribution in [1.29, 1.82) is 0 Å². The van der Waals surface area contributed by atoms with Crippen LogP contribution in [0.25, 0.3) is 60.4 Å². The van der Waals surface area contributed by atoms with Crippen molar-refractivity contribution in [2.24, 2.45) is 0 Å².